The first-order valence-corrected chi connectivity index (χ1v) is 6.52. The van der Waals surface area contributed by atoms with Gasteiger partial charge in [-0.25, -0.2) is 0 Å². The summed E-state index contributed by atoms with van der Waals surface area (Å²) >= 11 is 0. The molecule has 2 N–H and O–H groups in total. The molecule has 0 spiro atoms. The van der Waals surface area contributed by atoms with Crippen molar-refractivity contribution < 1.29 is 0 Å². The van der Waals surface area contributed by atoms with Crippen LogP contribution in [0.2, 0.25) is 0 Å². The number of benzene rings is 1. The van der Waals surface area contributed by atoms with Crippen molar-refractivity contribution in [2.45, 2.75) is 19.8 Å². The van der Waals surface area contributed by atoms with Crippen LogP contribution in [0.3, 0.4) is 0 Å². The number of aromatic nitrogens is 1. The average Bonchev–Trinajstić information content (AvgIpc) is 2.46. The number of hydrogen-bond acceptors (Lipinski definition) is 4. The van der Waals surface area contributed by atoms with Gasteiger partial charge in [0.2, 0.25) is 0 Å². The summed E-state index contributed by atoms with van der Waals surface area (Å²) in [6, 6.07) is 8.22. The molecule has 2 aromatic rings. The minimum atomic E-state index is 0.324. The van der Waals surface area contributed by atoms with Crippen molar-refractivity contribution in [1.82, 2.24) is 4.98 Å². The van der Waals surface area contributed by atoms with Gasteiger partial charge in [-0.3, -0.25) is 4.98 Å². The number of amidine groups is 1. The molecule has 0 bridgehead atoms. The minimum absolute atomic E-state index is 0.324. The first kappa shape index (κ1) is 11.8. The van der Waals surface area contributed by atoms with Gasteiger partial charge in [0.05, 0.1) is 5.71 Å². The number of nitrogens with two attached hydrogens (primary N) is 1. The van der Waals surface area contributed by atoms with Crippen LogP contribution in [0.4, 0.5) is 0 Å². The van der Waals surface area contributed by atoms with E-state index in [0.29, 0.717) is 11.8 Å². The van der Waals surface area contributed by atoms with Gasteiger partial charge in [-0.05, 0) is 11.8 Å². The van der Waals surface area contributed by atoms with Crippen LogP contribution < -0.4 is 5.73 Å². The predicted octanol–water partition coefficient (Wildman–Crippen LogP) is 2.73. The third-order valence-electron chi connectivity index (χ3n) is 3.57. The molecule has 1 aromatic heterocycles. The van der Waals surface area contributed by atoms with Gasteiger partial charge < -0.3 is 5.73 Å². The van der Waals surface area contributed by atoms with E-state index in [1.807, 2.05) is 24.5 Å². The van der Waals surface area contributed by atoms with Gasteiger partial charge in [0, 0.05) is 35.7 Å². The van der Waals surface area contributed by atoms with Crippen molar-refractivity contribution in [1.29, 1.82) is 0 Å². The Kier molecular flexibility index (Phi) is 2.99. The van der Waals surface area contributed by atoms with Crippen LogP contribution in [0.25, 0.3) is 10.8 Å². The maximum Gasteiger partial charge on any atom is 0.123 e. The molecule has 2 heterocycles. The fourth-order valence-electron chi connectivity index (χ4n) is 2.52. The van der Waals surface area contributed by atoms with Crippen LogP contribution in [-0.2, 0) is 0 Å². The molecule has 3 rings (SSSR count). The Morgan fingerprint density at radius 1 is 1.21 bits per heavy atom. The van der Waals surface area contributed by atoms with Crippen molar-refractivity contribution in [2.24, 2.45) is 21.9 Å². The topological polar surface area (TPSA) is 63.6 Å². The van der Waals surface area contributed by atoms with Crippen molar-refractivity contribution in [3.63, 3.8) is 0 Å². The van der Waals surface area contributed by atoms with Crippen molar-refractivity contribution >= 4 is 22.3 Å². The van der Waals surface area contributed by atoms with Gasteiger partial charge >= 0.3 is 0 Å². The lowest BCUT2D eigenvalue weighted by Crippen LogP contribution is -2.27. The molecule has 0 saturated heterocycles. The van der Waals surface area contributed by atoms with Gasteiger partial charge in [0.1, 0.15) is 5.84 Å². The molecule has 4 heteroatoms. The Balaban J connectivity index is 2.18. The molecule has 96 valence electrons. The van der Waals surface area contributed by atoms with E-state index in [1.54, 1.807) is 0 Å². The van der Waals surface area contributed by atoms with Crippen LogP contribution in [0.5, 0.6) is 0 Å². The molecule has 1 atom stereocenters. The Morgan fingerprint density at radius 2 is 2.05 bits per heavy atom. The molecule has 1 aromatic carbocycles. The Bertz CT molecular complexity index is 667. The molecule has 0 amide bonds. The van der Waals surface area contributed by atoms with Crippen molar-refractivity contribution in [2.75, 3.05) is 0 Å². The van der Waals surface area contributed by atoms with Crippen LogP contribution in [0.15, 0.2) is 46.9 Å². The summed E-state index contributed by atoms with van der Waals surface area (Å²) in [6.07, 6.45) is 5.53. The summed E-state index contributed by atoms with van der Waals surface area (Å²) in [5, 5.41) is 10.7. The summed E-state index contributed by atoms with van der Waals surface area (Å²) in [4.78, 5) is 4.32. The second-order valence-corrected chi connectivity index (χ2v) is 4.79. The molecule has 1 aliphatic rings. The highest BCUT2D eigenvalue weighted by molar-refractivity contribution is 6.13. The standard InChI is InChI=1S/C15H16N4/c1-2-10-7-14(16)18-19-15(10)13-9-17-8-11-5-3-4-6-12(11)13/h3-6,8-10H,2,7H2,1H3,(H2,16,18). The van der Waals surface area contributed by atoms with E-state index in [-0.39, 0.29) is 0 Å². The number of nitrogens with zero attached hydrogens (tertiary/aromatic N) is 3. The van der Waals surface area contributed by atoms with E-state index < -0.39 is 0 Å². The van der Waals surface area contributed by atoms with Crippen LogP contribution in [0.1, 0.15) is 25.3 Å². The highest BCUT2D eigenvalue weighted by Gasteiger charge is 2.22. The molecule has 0 saturated carbocycles. The maximum absolute atomic E-state index is 5.78. The molecule has 4 nitrogen and oxygen atoms in total. The second-order valence-electron chi connectivity index (χ2n) is 4.79. The molecular formula is C15H16N4. The fraction of sp³-hybridized carbons (Fsp3) is 0.267. The Morgan fingerprint density at radius 3 is 2.89 bits per heavy atom. The minimum Gasteiger partial charge on any atom is -0.386 e. The third-order valence-corrected chi connectivity index (χ3v) is 3.57. The summed E-state index contributed by atoms with van der Waals surface area (Å²) in [7, 11) is 0. The van der Waals surface area contributed by atoms with Crippen LogP contribution in [0, 0.1) is 5.92 Å². The van der Waals surface area contributed by atoms with Crippen LogP contribution >= 0.6 is 0 Å². The summed E-state index contributed by atoms with van der Waals surface area (Å²) < 4.78 is 0. The molecule has 1 aliphatic heterocycles. The largest absolute Gasteiger partial charge is 0.386 e. The SMILES string of the molecule is CCC1CC(N)=NN=C1c1cncc2ccccc12. The predicted molar refractivity (Wildman–Crippen MR) is 78.3 cm³/mol. The van der Waals surface area contributed by atoms with Crippen molar-refractivity contribution in [3.8, 4) is 0 Å². The third kappa shape index (κ3) is 2.10. The zero-order chi connectivity index (χ0) is 13.2. The zero-order valence-electron chi connectivity index (χ0n) is 10.9. The summed E-state index contributed by atoms with van der Waals surface area (Å²) in [5.74, 6) is 0.939. The van der Waals surface area contributed by atoms with E-state index in [2.05, 4.69) is 34.2 Å². The van der Waals surface area contributed by atoms with Crippen LogP contribution in [-0.4, -0.2) is 16.5 Å². The van der Waals surface area contributed by atoms with Gasteiger partial charge in [-0.15, -0.1) is 5.10 Å². The maximum atomic E-state index is 5.78. The average molecular weight is 252 g/mol. The van der Waals surface area contributed by atoms with E-state index in [0.717, 1.165) is 29.5 Å². The molecule has 1 unspecified atom stereocenters. The van der Waals surface area contributed by atoms with Crippen molar-refractivity contribution in [3.05, 3.63) is 42.2 Å². The number of rotatable bonds is 2. The van der Waals surface area contributed by atoms with Gasteiger partial charge in [0.25, 0.3) is 0 Å². The first-order chi connectivity index (χ1) is 9.29. The zero-order valence-corrected chi connectivity index (χ0v) is 10.9. The Labute approximate surface area is 112 Å². The van der Waals surface area contributed by atoms with E-state index in [4.69, 9.17) is 5.73 Å². The van der Waals surface area contributed by atoms with E-state index >= 15 is 0 Å². The number of hydrogen-bond donors (Lipinski definition) is 1. The normalized spacial score (nSPS) is 19.1. The van der Waals surface area contributed by atoms with E-state index in [1.165, 1.54) is 5.39 Å². The first-order valence-electron chi connectivity index (χ1n) is 6.52. The fourth-order valence-corrected chi connectivity index (χ4v) is 2.52. The lowest BCUT2D eigenvalue weighted by atomic mass is 9.89. The molecule has 0 radical (unpaired) electrons. The highest BCUT2D eigenvalue weighted by atomic mass is 15.2. The van der Waals surface area contributed by atoms with Gasteiger partial charge in [-0.1, -0.05) is 31.2 Å². The molecule has 19 heavy (non-hydrogen) atoms. The molecule has 0 fully saturated rings. The van der Waals surface area contributed by atoms with Gasteiger partial charge in [-0.2, -0.15) is 5.10 Å². The van der Waals surface area contributed by atoms with Gasteiger partial charge in [0.15, 0.2) is 0 Å². The Hall–Kier alpha value is -2.23. The lowest BCUT2D eigenvalue weighted by molar-refractivity contribution is 0.677. The molecular weight excluding hydrogens is 236 g/mol. The number of fused-ring (bicyclic) bond motifs is 1. The summed E-state index contributed by atoms with van der Waals surface area (Å²) in [6.45, 7) is 2.15. The quantitative estimate of drug-likeness (QED) is 0.893. The lowest BCUT2D eigenvalue weighted by Gasteiger charge is -2.20. The van der Waals surface area contributed by atoms with E-state index in [9.17, 15) is 0 Å². The molecule has 0 aliphatic carbocycles. The number of pyridine rings is 1. The smallest absolute Gasteiger partial charge is 0.123 e. The monoisotopic (exact) mass is 252 g/mol. The highest BCUT2D eigenvalue weighted by Crippen LogP contribution is 2.25. The second kappa shape index (κ2) is 4.80. The summed E-state index contributed by atoms with van der Waals surface area (Å²) in [5.41, 5.74) is 7.85.